The van der Waals surface area contributed by atoms with Gasteiger partial charge in [0.2, 0.25) is 5.91 Å². The molecule has 4 heteroatoms. The van der Waals surface area contributed by atoms with E-state index in [2.05, 4.69) is 22.0 Å². The fourth-order valence-electron chi connectivity index (χ4n) is 2.63. The minimum atomic E-state index is 0.0879. The van der Waals surface area contributed by atoms with Crippen LogP contribution in [0.3, 0.4) is 0 Å². The molecule has 19 heavy (non-hydrogen) atoms. The van der Waals surface area contributed by atoms with Crippen LogP contribution in [0.4, 0.5) is 0 Å². The molecule has 0 spiro atoms. The molecule has 1 saturated heterocycles. The smallest absolute Gasteiger partial charge is 0.216 e. The Bertz CT molecular complexity index is 238. The first-order valence-corrected chi connectivity index (χ1v) is 7.91. The molecule has 0 bridgehead atoms. The lowest BCUT2D eigenvalue weighted by Gasteiger charge is -2.34. The lowest BCUT2D eigenvalue weighted by atomic mass is 10.1. The van der Waals surface area contributed by atoms with E-state index in [4.69, 9.17) is 0 Å². The van der Waals surface area contributed by atoms with E-state index in [-0.39, 0.29) is 5.91 Å². The van der Waals surface area contributed by atoms with Crippen molar-refractivity contribution >= 4 is 5.91 Å². The number of carbonyl (C=O) groups excluding carboxylic acids is 1. The van der Waals surface area contributed by atoms with Gasteiger partial charge >= 0.3 is 0 Å². The van der Waals surface area contributed by atoms with Crippen LogP contribution in [0.25, 0.3) is 0 Å². The normalized spacial score (nSPS) is 17.6. The van der Waals surface area contributed by atoms with E-state index in [0.717, 1.165) is 13.0 Å². The van der Waals surface area contributed by atoms with E-state index in [0.29, 0.717) is 0 Å². The molecule has 0 radical (unpaired) electrons. The number of hydrogen-bond acceptors (Lipinski definition) is 3. The predicted octanol–water partition coefficient (Wildman–Crippen LogP) is 1.71. The lowest BCUT2D eigenvalue weighted by Crippen LogP contribution is -2.46. The Labute approximate surface area is 118 Å². The zero-order valence-corrected chi connectivity index (χ0v) is 12.8. The number of hydrogen-bond donors (Lipinski definition) is 1. The van der Waals surface area contributed by atoms with Crippen molar-refractivity contribution in [3.05, 3.63) is 0 Å². The topological polar surface area (TPSA) is 35.6 Å². The number of unbranched alkanes of at least 4 members (excludes halogenated alkanes) is 3. The summed E-state index contributed by atoms with van der Waals surface area (Å²) >= 11 is 0. The number of rotatable bonds is 9. The average molecular weight is 269 g/mol. The van der Waals surface area contributed by atoms with Gasteiger partial charge in [-0.05, 0) is 32.4 Å². The van der Waals surface area contributed by atoms with Gasteiger partial charge in [-0.1, -0.05) is 19.8 Å². The van der Waals surface area contributed by atoms with Crippen LogP contribution in [-0.2, 0) is 4.79 Å². The number of nitrogens with zero attached hydrogens (tertiary/aromatic N) is 2. The molecule has 1 fully saturated rings. The molecule has 4 nitrogen and oxygen atoms in total. The molecular formula is C15H31N3O. The van der Waals surface area contributed by atoms with Gasteiger partial charge in [-0.15, -0.1) is 0 Å². The molecule has 1 aliphatic heterocycles. The second-order valence-electron chi connectivity index (χ2n) is 5.58. The second-order valence-corrected chi connectivity index (χ2v) is 5.58. The second kappa shape index (κ2) is 10.2. The van der Waals surface area contributed by atoms with Gasteiger partial charge in [0, 0.05) is 39.6 Å². The predicted molar refractivity (Wildman–Crippen MR) is 80.3 cm³/mol. The highest BCUT2D eigenvalue weighted by Crippen LogP contribution is 2.06. The van der Waals surface area contributed by atoms with Crippen molar-refractivity contribution in [3.63, 3.8) is 0 Å². The van der Waals surface area contributed by atoms with Crippen molar-refractivity contribution in [3.8, 4) is 0 Å². The minimum Gasteiger partial charge on any atom is -0.356 e. The van der Waals surface area contributed by atoms with E-state index < -0.39 is 0 Å². The van der Waals surface area contributed by atoms with Crippen LogP contribution >= 0.6 is 0 Å². The summed E-state index contributed by atoms with van der Waals surface area (Å²) in [6, 6.07) is 0. The molecule has 0 unspecified atom stereocenters. The van der Waals surface area contributed by atoms with Crippen molar-refractivity contribution in [1.29, 1.82) is 0 Å². The summed E-state index contributed by atoms with van der Waals surface area (Å²) < 4.78 is 0. The van der Waals surface area contributed by atoms with Gasteiger partial charge in [0.25, 0.3) is 0 Å². The third-order valence-corrected chi connectivity index (χ3v) is 3.78. The molecule has 0 aromatic heterocycles. The summed E-state index contributed by atoms with van der Waals surface area (Å²) in [5.41, 5.74) is 0. The molecule has 0 aliphatic carbocycles. The Morgan fingerprint density at radius 3 is 2.11 bits per heavy atom. The molecule has 1 aliphatic rings. The van der Waals surface area contributed by atoms with Gasteiger partial charge in [-0.2, -0.15) is 0 Å². The number of carbonyl (C=O) groups is 1. The Hall–Kier alpha value is -0.610. The maximum atomic E-state index is 10.7. The van der Waals surface area contributed by atoms with Gasteiger partial charge in [0.1, 0.15) is 0 Å². The third-order valence-electron chi connectivity index (χ3n) is 3.78. The summed E-state index contributed by atoms with van der Waals surface area (Å²) in [6.07, 6.45) is 6.21. The van der Waals surface area contributed by atoms with E-state index in [1.165, 1.54) is 65.0 Å². The largest absolute Gasteiger partial charge is 0.356 e. The fraction of sp³-hybridized carbons (Fsp3) is 0.933. The fourth-order valence-corrected chi connectivity index (χ4v) is 2.63. The molecule has 1 amide bonds. The summed E-state index contributed by atoms with van der Waals surface area (Å²) in [7, 11) is 0. The maximum absolute atomic E-state index is 10.7. The Morgan fingerprint density at radius 2 is 1.53 bits per heavy atom. The van der Waals surface area contributed by atoms with Gasteiger partial charge in [-0.25, -0.2) is 0 Å². The average Bonchev–Trinajstić information content (AvgIpc) is 2.39. The summed E-state index contributed by atoms with van der Waals surface area (Å²) in [5.74, 6) is 0.0879. The molecule has 0 aromatic rings. The van der Waals surface area contributed by atoms with Crippen LogP contribution in [-0.4, -0.2) is 61.5 Å². The quantitative estimate of drug-likeness (QED) is 0.647. The number of amides is 1. The van der Waals surface area contributed by atoms with Crippen LogP contribution in [0.1, 0.15) is 46.0 Å². The standard InChI is InChI=1S/C15H31N3O/c1-3-9-17-11-13-18(14-12-17)10-7-5-4-6-8-16-15(2)19/h3-14H2,1-2H3,(H,16,19). The van der Waals surface area contributed by atoms with Crippen LogP contribution in [0.5, 0.6) is 0 Å². The Kier molecular flexibility index (Phi) is 8.84. The van der Waals surface area contributed by atoms with E-state index in [1.807, 2.05) is 0 Å². The van der Waals surface area contributed by atoms with E-state index >= 15 is 0 Å². The SMILES string of the molecule is CCCN1CCN(CCCCCCNC(C)=O)CC1. The van der Waals surface area contributed by atoms with Crippen molar-refractivity contribution in [2.24, 2.45) is 0 Å². The number of piperazine rings is 1. The van der Waals surface area contributed by atoms with Gasteiger partial charge in [0.15, 0.2) is 0 Å². The zero-order chi connectivity index (χ0) is 13.9. The first-order valence-electron chi connectivity index (χ1n) is 7.91. The van der Waals surface area contributed by atoms with Crippen molar-refractivity contribution in [1.82, 2.24) is 15.1 Å². The highest BCUT2D eigenvalue weighted by Gasteiger charge is 2.14. The van der Waals surface area contributed by atoms with Crippen molar-refractivity contribution in [2.75, 3.05) is 45.8 Å². The third kappa shape index (κ3) is 8.22. The molecular weight excluding hydrogens is 238 g/mol. The van der Waals surface area contributed by atoms with Crippen molar-refractivity contribution in [2.45, 2.75) is 46.0 Å². The van der Waals surface area contributed by atoms with Crippen LogP contribution in [0.15, 0.2) is 0 Å². The van der Waals surface area contributed by atoms with Gasteiger partial charge in [-0.3, -0.25) is 4.79 Å². The van der Waals surface area contributed by atoms with Crippen LogP contribution in [0, 0.1) is 0 Å². The number of nitrogens with one attached hydrogen (secondary N) is 1. The summed E-state index contributed by atoms with van der Waals surface area (Å²) in [4.78, 5) is 15.9. The van der Waals surface area contributed by atoms with E-state index in [1.54, 1.807) is 6.92 Å². The Morgan fingerprint density at radius 1 is 0.947 bits per heavy atom. The molecule has 1 N–H and O–H groups in total. The van der Waals surface area contributed by atoms with Crippen LogP contribution in [0.2, 0.25) is 0 Å². The maximum Gasteiger partial charge on any atom is 0.216 e. The highest BCUT2D eigenvalue weighted by atomic mass is 16.1. The molecule has 112 valence electrons. The van der Waals surface area contributed by atoms with Crippen molar-refractivity contribution < 1.29 is 4.79 Å². The molecule has 1 rings (SSSR count). The van der Waals surface area contributed by atoms with E-state index in [9.17, 15) is 4.79 Å². The zero-order valence-electron chi connectivity index (χ0n) is 12.8. The van der Waals surface area contributed by atoms with Gasteiger partial charge in [0.05, 0.1) is 0 Å². The highest BCUT2D eigenvalue weighted by molar-refractivity contribution is 5.72. The lowest BCUT2D eigenvalue weighted by molar-refractivity contribution is -0.118. The Balaban J connectivity index is 1.89. The first kappa shape index (κ1) is 16.4. The minimum absolute atomic E-state index is 0.0879. The monoisotopic (exact) mass is 269 g/mol. The van der Waals surface area contributed by atoms with Gasteiger partial charge < -0.3 is 15.1 Å². The molecule has 0 atom stereocenters. The van der Waals surface area contributed by atoms with Crippen LogP contribution < -0.4 is 5.32 Å². The summed E-state index contributed by atoms with van der Waals surface area (Å²) in [5, 5.41) is 2.85. The molecule has 0 saturated carbocycles. The summed E-state index contributed by atoms with van der Waals surface area (Å²) in [6.45, 7) is 12.2. The molecule has 1 heterocycles. The first-order chi connectivity index (χ1) is 9.22. The molecule has 0 aromatic carbocycles.